The van der Waals surface area contributed by atoms with Crippen LogP contribution in [0.25, 0.3) is 0 Å². The fourth-order valence-corrected chi connectivity index (χ4v) is 4.69. The molecule has 158 valence electrons. The highest BCUT2D eigenvalue weighted by molar-refractivity contribution is 6.69. The molecule has 6 nitrogen and oxygen atoms in total. The molecule has 0 heterocycles. The van der Waals surface area contributed by atoms with E-state index in [0.717, 1.165) is 11.1 Å². The topological polar surface area (TPSA) is 78.9 Å². The van der Waals surface area contributed by atoms with Crippen LogP contribution in [0.15, 0.2) is 22.8 Å². The Morgan fingerprint density at radius 3 is 2.18 bits per heavy atom. The Morgan fingerprint density at radius 2 is 1.71 bits per heavy atom. The number of allylic oxidation sites excluding steroid dienone is 1. The number of hydrogen-bond donors (Lipinski definition) is 0. The van der Waals surface area contributed by atoms with Crippen LogP contribution in [0.3, 0.4) is 0 Å². The van der Waals surface area contributed by atoms with Crippen LogP contribution < -0.4 is 0 Å². The van der Waals surface area contributed by atoms with Crippen molar-refractivity contribution in [1.29, 1.82) is 0 Å². The molecule has 1 aliphatic rings. The van der Waals surface area contributed by atoms with Gasteiger partial charge in [-0.05, 0) is 56.8 Å². The number of ketones is 1. The van der Waals surface area contributed by atoms with Crippen LogP contribution in [-0.4, -0.2) is 46.4 Å². The van der Waals surface area contributed by atoms with Gasteiger partial charge in [-0.15, -0.1) is 0 Å². The minimum atomic E-state index is -1.97. The second kappa shape index (κ2) is 10.2. The largest absolute Gasteiger partial charge is 0.466 e. The van der Waals surface area contributed by atoms with E-state index >= 15 is 0 Å². The molecule has 1 rings (SSSR count). The van der Waals surface area contributed by atoms with Gasteiger partial charge in [0.15, 0.2) is 14.1 Å². The minimum absolute atomic E-state index is 0.0440. The average Bonchev–Trinajstić information content (AvgIpc) is 2.97. The molecule has 7 heteroatoms. The quantitative estimate of drug-likeness (QED) is 0.249. The van der Waals surface area contributed by atoms with Crippen LogP contribution in [0.5, 0.6) is 0 Å². The standard InChI is InChI=1S/C21H34O6Si/c1-13(2)16(14(3)11-19(23)25-4)12-18(27-28(6,7)8)15-9-10-17(22)20(15)21(24)26-5/h11,13,16,18H,9-10,12H2,1-8H3/b14-11-/t16-,18+/m0/s1. The van der Waals surface area contributed by atoms with E-state index < -0.39 is 20.3 Å². The summed E-state index contributed by atoms with van der Waals surface area (Å²) in [5.74, 6) is -0.884. The lowest BCUT2D eigenvalue weighted by molar-refractivity contribution is -0.138. The number of carbonyl (C=O) groups excluding carboxylic acids is 3. The van der Waals surface area contributed by atoms with Crippen molar-refractivity contribution < 1.29 is 28.3 Å². The van der Waals surface area contributed by atoms with Crippen molar-refractivity contribution >= 4 is 26.0 Å². The Hall–Kier alpha value is -1.73. The Kier molecular flexibility index (Phi) is 8.82. The van der Waals surface area contributed by atoms with Crippen molar-refractivity contribution in [3.8, 4) is 0 Å². The number of methoxy groups -OCH3 is 2. The summed E-state index contributed by atoms with van der Waals surface area (Å²) in [7, 11) is 0.669. The predicted molar refractivity (Wildman–Crippen MR) is 110 cm³/mol. The van der Waals surface area contributed by atoms with E-state index in [4.69, 9.17) is 13.9 Å². The van der Waals surface area contributed by atoms with Gasteiger partial charge in [0.2, 0.25) is 0 Å². The van der Waals surface area contributed by atoms with Crippen molar-refractivity contribution in [1.82, 2.24) is 0 Å². The summed E-state index contributed by atoms with van der Waals surface area (Å²) >= 11 is 0. The highest BCUT2D eigenvalue weighted by Crippen LogP contribution is 2.36. The van der Waals surface area contributed by atoms with Crippen molar-refractivity contribution in [2.45, 2.75) is 65.8 Å². The van der Waals surface area contributed by atoms with Gasteiger partial charge in [0, 0.05) is 12.5 Å². The SMILES string of the molecule is COC(=O)/C=C(/C)[C@@H](C[C@@H](O[Si](C)(C)C)C1=C(C(=O)OC)C(=O)CC1)C(C)C. The van der Waals surface area contributed by atoms with Gasteiger partial charge in [-0.2, -0.15) is 0 Å². The van der Waals surface area contributed by atoms with Gasteiger partial charge < -0.3 is 13.9 Å². The number of Topliss-reactive ketones (excluding diaryl/α,β-unsaturated/α-hetero) is 1. The van der Waals surface area contributed by atoms with E-state index in [1.54, 1.807) is 0 Å². The fourth-order valence-electron chi connectivity index (χ4n) is 3.60. The van der Waals surface area contributed by atoms with Gasteiger partial charge in [0.05, 0.1) is 20.3 Å². The van der Waals surface area contributed by atoms with Crippen molar-refractivity contribution in [2.24, 2.45) is 11.8 Å². The van der Waals surface area contributed by atoms with Gasteiger partial charge in [0.25, 0.3) is 0 Å². The molecule has 0 aromatic heterocycles. The van der Waals surface area contributed by atoms with Crippen LogP contribution in [0.1, 0.15) is 40.0 Å². The third kappa shape index (κ3) is 6.70. The third-order valence-corrected chi connectivity index (χ3v) is 5.89. The molecule has 0 aliphatic heterocycles. The Balaban J connectivity index is 3.35. The number of esters is 2. The summed E-state index contributed by atoms with van der Waals surface area (Å²) in [6.07, 6.45) is 2.54. The summed E-state index contributed by atoms with van der Waals surface area (Å²) in [6, 6.07) is 0. The van der Waals surface area contributed by atoms with Crippen LogP contribution in [0, 0.1) is 11.8 Å². The van der Waals surface area contributed by atoms with E-state index in [9.17, 15) is 14.4 Å². The summed E-state index contributed by atoms with van der Waals surface area (Å²) in [5, 5.41) is 0. The molecule has 0 spiro atoms. The average molecular weight is 411 g/mol. The van der Waals surface area contributed by atoms with Crippen LogP contribution in [-0.2, 0) is 28.3 Å². The zero-order chi connectivity index (χ0) is 21.6. The Morgan fingerprint density at radius 1 is 1.11 bits per heavy atom. The fraction of sp³-hybridized carbons (Fsp3) is 0.667. The first-order chi connectivity index (χ1) is 12.9. The molecule has 0 saturated heterocycles. The molecule has 0 bridgehead atoms. The van der Waals surface area contributed by atoms with Gasteiger partial charge >= 0.3 is 11.9 Å². The molecule has 0 fully saturated rings. The maximum absolute atomic E-state index is 12.3. The highest BCUT2D eigenvalue weighted by atomic mass is 28.4. The van der Waals surface area contributed by atoms with E-state index in [0.29, 0.717) is 19.3 Å². The predicted octanol–water partition coefficient (Wildman–Crippen LogP) is 3.82. The second-order valence-corrected chi connectivity index (χ2v) is 13.0. The van der Waals surface area contributed by atoms with Gasteiger partial charge in [-0.3, -0.25) is 4.79 Å². The first-order valence-corrected chi connectivity index (χ1v) is 13.1. The lowest BCUT2D eigenvalue weighted by atomic mass is 9.82. The summed E-state index contributed by atoms with van der Waals surface area (Å²) in [6.45, 7) is 12.3. The lowest BCUT2D eigenvalue weighted by Crippen LogP contribution is -2.35. The molecule has 0 aromatic rings. The summed E-state index contributed by atoms with van der Waals surface area (Å²) in [4.78, 5) is 36.2. The smallest absolute Gasteiger partial charge is 0.341 e. The molecule has 0 N–H and O–H groups in total. The summed E-state index contributed by atoms with van der Waals surface area (Å²) in [5.41, 5.74) is 1.77. The Labute approximate surface area is 169 Å². The third-order valence-electron chi connectivity index (χ3n) is 4.90. The van der Waals surface area contributed by atoms with Crippen molar-refractivity contribution in [3.63, 3.8) is 0 Å². The highest BCUT2D eigenvalue weighted by Gasteiger charge is 2.37. The number of ether oxygens (including phenoxy) is 2. The Bertz CT molecular complexity index is 669. The van der Waals surface area contributed by atoms with E-state index in [-0.39, 0.29) is 29.3 Å². The van der Waals surface area contributed by atoms with E-state index in [2.05, 4.69) is 33.5 Å². The molecule has 0 amide bonds. The van der Waals surface area contributed by atoms with Crippen molar-refractivity contribution in [3.05, 3.63) is 22.8 Å². The zero-order valence-electron chi connectivity index (χ0n) is 18.4. The van der Waals surface area contributed by atoms with Gasteiger partial charge in [-0.1, -0.05) is 19.4 Å². The second-order valence-electron chi connectivity index (χ2n) is 8.53. The zero-order valence-corrected chi connectivity index (χ0v) is 19.4. The van der Waals surface area contributed by atoms with Crippen molar-refractivity contribution in [2.75, 3.05) is 14.2 Å². The first kappa shape index (κ1) is 24.3. The van der Waals surface area contributed by atoms with E-state index in [1.165, 1.54) is 20.3 Å². The lowest BCUT2D eigenvalue weighted by Gasteiger charge is -2.33. The molecule has 1 aliphatic carbocycles. The molecule has 2 atom stereocenters. The number of carbonyl (C=O) groups is 3. The molecule has 28 heavy (non-hydrogen) atoms. The van der Waals surface area contributed by atoms with Gasteiger partial charge in [-0.25, -0.2) is 9.59 Å². The van der Waals surface area contributed by atoms with Crippen LogP contribution >= 0.6 is 0 Å². The van der Waals surface area contributed by atoms with Crippen LogP contribution in [0.2, 0.25) is 19.6 Å². The monoisotopic (exact) mass is 410 g/mol. The molecule has 0 unspecified atom stereocenters. The molecular weight excluding hydrogens is 376 g/mol. The number of hydrogen-bond acceptors (Lipinski definition) is 6. The van der Waals surface area contributed by atoms with Crippen LogP contribution in [0.4, 0.5) is 0 Å². The molecule has 0 saturated carbocycles. The molecular formula is C21H34O6Si. The van der Waals surface area contributed by atoms with E-state index in [1.807, 2.05) is 6.92 Å². The van der Waals surface area contributed by atoms with Gasteiger partial charge in [0.1, 0.15) is 5.57 Å². The molecule has 0 radical (unpaired) electrons. The molecule has 0 aromatic carbocycles. The maximum atomic E-state index is 12.3. The first-order valence-electron chi connectivity index (χ1n) is 9.69. The minimum Gasteiger partial charge on any atom is -0.466 e. The number of rotatable bonds is 9. The summed E-state index contributed by atoms with van der Waals surface area (Å²) < 4.78 is 16.0. The normalized spacial score (nSPS) is 17.8. The maximum Gasteiger partial charge on any atom is 0.341 e.